The van der Waals surface area contributed by atoms with E-state index in [4.69, 9.17) is 9.47 Å². The molecular weight excluding hydrogens is 336 g/mol. The van der Waals surface area contributed by atoms with Crippen molar-refractivity contribution < 1.29 is 9.47 Å². The zero-order valence-corrected chi connectivity index (χ0v) is 13.7. The fourth-order valence-corrected chi connectivity index (χ4v) is 6.71. The van der Waals surface area contributed by atoms with Gasteiger partial charge in [-0.15, -0.1) is 0 Å². The molecule has 22 heavy (non-hydrogen) atoms. The summed E-state index contributed by atoms with van der Waals surface area (Å²) >= 11 is 0. The van der Waals surface area contributed by atoms with Crippen molar-refractivity contribution in [3.05, 3.63) is 60.7 Å². The van der Waals surface area contributed by atoms with Gasteiger partial charge in [-0.3, -0.25) is 0 Å². The highest BCUT2D eigenvalue weighted by Crippen LogP contribution is 2.53. The molecule has 4 rings (SSSR count). The van der Waals surface area contributed by atoms with Crippen LogP contribution in [0, 0.1) is 0 Å². The van der Waals surface area contributed by atoms with Gasteiger partial charge in [-0.05, 0) is 32.8 Å². The number of hydrogen-bond acceptors (Lipinski definition) is 6. The molecule has 4 nitrogen and oxygen atoms in total. The molecule has 0 N–H and O–H groups in total. The Kier molecular flexibility index (Phi) is 3.92. The van der Waals surface area contributed by atoms with Crippen LogP contribution < -0.4 is 9.47 Å². The third kappa shape index (κ3) is 3.06. The fraction of sp³-hybridized carbons (Fsp3) is 0. The highest BCUT2D eigenvalue weighted by Gasteiger charge is 2.28. The summed E-state index contributed by atoms with van der Waals surface area (Å²) in [5.74, 6) is 1.57. The van der Waals surface area contributed by atoms with Crippen LogP contribution in [-0.2, 0) is 0 Å². The molecule has 110 valence electrons. The van der Waals surface area contributed by atoms with Crippen LogP contribution in [0.3, 0.4) is 0 Å². The minimum Gasteiger partial charge on any atom is -0.433 e. The molecule has 2 heterocycles. The van der Waals surface area contributed by atoms with Crippen molar-refractivity contribution in [3.63, 3.8) is 0 Å². The molecule has 2 aliphatic rings. The summed E-state index contributed by atoms with van der Waals surface area (Å²) < 4.78 is 11.5. The second-order valence-electron chi connectivity index (χ2n) is 4.27. The molecule has 0 amide bonds. The van der Waals surface area contributed by atoms with Crippen LogP contribution in [0.1, 0.15) is 0 Å². The van der Waals surface area contributed by atoms with Crippen LogP contribution >= 0.6 is 30.1 Å². The molecule has 0 saturated heterocycles. The molecule has 0 atom stereocenters. The highest BCUT2D eigenvalue weighted by atomic mass is 33.5. The second kappa shape index (κ2) is 6.20. The first-order valence-corrected chi connectivity index (χ1v) is 10.4. The van der Waals surface area contributed by atoms with E-state index in [1.54, 1.807) is 21.6 Å². The maximum Gasteiger partial charge on any atom is 0.269 e. The molecule has 2 aliphatic heterocycles. The predicted molar refractivity (Wildman–Crippen MR) is 96.8 cm³/mol. The van der Waals surface area contributed by atoms with Gasteiger partial charge in [0, 0.05) is 21.6 Å². The van der Waals surface area contributed by atoms with Gasteiger partial charge < -0.3 is 9.47 Å². The van der Waals surface area contributed by atoms with E-state index >= 15 is 0 Å². The van der Waals surface area contributed by atoms with Crippen LogP contribution in [-0.4, -0.2) is 15.6 Å². The summed E-state index contributed by atoms with van der Waals surface area (Å²) in [5, 5.41) is 2.05. The van der Waals surface area contributed by atoms with E-state index in [1.165, 1.54) is 0 Å². The smallest absolute Gasteiger partial charge is 0.269 e. The largest absolute Gasteiger partial charge is 0.433 e. The summed E-state index contributed by atoms with van der Waals surface area (Å²) in [6.45, 7) is 0. The van der Waals surface area contributed by atoms with E-state index in [2.05, 4.69) is 9.98 Å². The van der Waals surface area contributed by atoms with Crippen LogP contribution in [0.5, 0.6) is 11.5 Å². The van der Waals surface area contributed by atoms with Crippen molar-refractivity contribution in [1.29, 1.82) is 0 Å². The van der Waals surface area contributed by atoms with Crippen molar-refractivity contribution in [1.82, 2.24) is 0 Å². The third-order valence-electron chi connectivity index (χ3n) is 2.71. The Morgan fingerprint density at radius 1 is 0.682 bits per heavy atom. The lowest BCUT2D eigenvalue weighted by molar-refractivity contribution is 0.566. The normalized spacial score (nSPS) is 17.0. The average Bonchev–Trinajstić information content (AvgIpc) is 3.07. The van der Waals surface area contributed by atoms with E-state index in [0.29, 0.717) is 10.5 Å². The zero-order valence-electron chi connectivity index (χ0n) is 11.2. The van der Waals surface area contributed by atoms with Gasteiger partial charge >= 0.3 is 0 Å². The first kappa shape index (κ1) is 13.9. The first-order valence-electron chi connectivity index (χ1n) is 6.48. The van der Waals surface area contributed by atoms with E-state index in [9.17, 15) is 0 Å². The third-order valence-corrected chi connectivity index (χ3v) is 8.01. The summed E-state index contributed by atoms with van der Waals surface area (Å²) in [4.78, 5) is 8.87. The zero-order chi connectivity index (χ0) is 14.8. The summed E-state index contributed by atoms with van der Waals surface area (Å²) in [5.41, 5.74) is 0. The summed E-state index contributed by atoms with van der Waals surface area (Å²) in [6, 6.07) is 19.3. The number of hydrogen-bond donors (Lipinski definition) is 0. The minimum atomic E-state index is -0.183. The van der Waals surface area contributed by atoms with Crippen molar-refractivity contribution in [2.45, 2.75) is 0 Å². The van der Waals surface area contributed by atoms with Crippen molar-refractivity contribution in [2.24, 2.45) is 9.98 Å². The van der Waals surface area contributed by atoms with Crippen molar-refractivity contribution in [3.8, 4) is 11.5 Å². The number of para-hydroxylation sites is 2. The molecule has 0 bridgehead atoms. The lowest BCUT2D eigenvalue weighted by Gasteiger charge is -2.06. The molecule has 0 spiro atoms. The summed E-state index contributed by atoms with van der Waals surface area (Å²) in [7, 11) is 2.97. The van der Waals surface area contributed by atoms with Gasteiger partial charge in [-0.25, -0.2) is 0 Å². The van der Waals surface area contributed by atoms with E-state index in [0.717, 1.165) is 16.6 Å². The van der Waals surface area contributed by atoms with Gasteiger partial charge in [-0.2, -0.15) is 9.98 Å². The molecule has 0 radical (unpaired) electrons. The van der Waals surface area contributed by atoms with Crippen LogP contribution in [0.2, 0.25) is 0 Å². The Morgan fingerprint density at radius 3 is 1.55 bits per heavy atom. The topological polar surface area (TPSA) is 43.2 Å². The lowest BCUT2D eigenvalue weighted by Crippen LogP contribution is -2.04. The van der Waals surface area contributed by atoms with Crippen LogP contribution in [0.15, 0.2) is 70.6 Å². The van der Waals surface area contributed by atoms with E-state index in [1.807, 2.05) is 60.7 Å². The molecule has 2 aromatic carbocycles. The monoisotopic (exact) mass is 346 g/mol. The standard InChI is InChI=1S/C15H10N2O2S3/c1-3-7-11(8-4-1)18-14-16-13-17-15(21-22(13)20-14)19-12-9-5-2-6-10-12/h1-10H. The number of rotatable bonds is 2. The average molecular weight is 346 g/mol. The van der Waals surface area contributed by atoms with Gasteiger partial charge in [0.2, 0.25) is 5.11 Å². The van der Waals surface area contributed by atoms with Crippen LogP contribution in [0.4, 0.5) is 0 Å². The Hall–Kier alpha value is -1.70. The summed E-state index contributed by atoms with van der Waals surface area (Å²) in [6.07, 6.45) is 0. The molecule has 0 fully saturated rings. The number of ether oxygens (including phenoxy) is 2. The maximum atomic E-state index is 5.74. The molecule has 2 aromatic rings. The Labute approximate surface area is 137 Å². The number of aliphatic imine (C=N–C) groups is 2. The minimum absolute atomic E-state index is 0.183. The van der Waals surface area contributed by atoms with E-state index < -0.39 is 0 Å². The van der Waals surface area contributed by atoms with Gasteiger partial charge in [0.25, 0.3) is 10.5 Å². The Morgan fingerprint density at radius 2 is 1.14 bits per heavy atom. The molecule has 0 aromatic heterocycles. The van der Waals surface area contributed by atoms with Gasteiger partial charge in [0.15, 0.2) is 0 Å². The SMILES string of the molecule is c1ccc(OC2=NC3=S(S2)SC(Oc2ccccc2)=N3)cc1. The second-order valence-corrected chi connectivity index (χ2v) is 9.77. The lowest BCUT2D eigenvalue weighted by atomic mass is 10.3. The van der Waals surface area contributed by atoms with E-state index in [-0.39, 0.29) is 8.55 Å². The highest BCUT2D eigenvalue weighted by molar-refractivity contribution is 9.20. The fourth-order valence-electron chi connectivity index (χ4n) is 1.77. The van der Waals surface area contributed by atoms with Crippen LogP contribution in [0.25, 0.3) is 0 Å². The Balaban J connectivity index is 1.43. The van der Waals surface area contributed by atoms with Gasteiger partial charge in [0.1, 0.15) is 11.5 Å². The molecule has 0 unspecified atom stereocenters. The molecular formula is C15H10N2O2S3. The number of benzene rings is 2. The molecule has 0 saturated carbocycles. The maximum absolute atomic E-state index is 5.74. The molecule has 0 aliphatic carbocycles. The quantitative estimate of drug-likeness (QED) is 0.592. The predicted octanol–water partition coefficient (Wildman–Crippen LogP) is 4.54. The van der Waals surface area contributed by atoms with Gasteiger partial charge in [0.05, 0.1) is 0 Å². The van der Waals surface area contributed by atoms with Crippen molar-refractivity contribution >= 4 is 45.7 Å². The van der Waals surface area contributed by atoms with Crippen molar-refractivity contribution in [2.75, 3.05) is 0 Å². The molecule has 7 heteroatoms. The first-order chi connectivity index (χ1) is 10.9. The Bertz CT molecular complexity index is 723. The van der Waals surface area contributed by atoms with Gasteiger partial charge in [-0.1, -0.05) is 36.4 Å². The number of nitrogens with zero attached hydrogens (tertiary/aromatic N) is 2.